The molecule has 8 nitrogen and oxygen atoms in total. The van der Waals surface area contributed by atoms with Gasteiger partial charge in [0.15, 0.2) is 16.9 Å². The van der Waals surface area contributed by atoms with E-state index in [4.69, 9.17) is 25.5 Å². The molecule has 0 N–H and O–H groups in total. The number of rotatable bonds is 13. The molecule has 0 saturated carbocycles. The Morgan fingerprint density at radius 2 is 1.69 bits per heavy atom. The Balaban J connectivity index is 1.60. The largest absolute Gasteiger partial charge is 0.464 e. The highest BCUT2D eigenvalue weighted by atomic mass is 35.5. The van der Waals surface area contributed by atoms with E-state index in [-0.39, 0.29) is 43.7 Å². The number of ether oxygens (including phenoxy) is 2. The SMILES string of the molecule is CCCCCC(=O)N(CCCC)CC(=O)N(Cc1ccc2c(c1)OCO2)Cc1coc2ccc(Cl)cc2c1=O. The fourth-order valence-corrected chi connectivity index (χ4v) is 4.71. The zero-order valence-corrected chi connectivity index (χ0v) is 23.3. The van der Waals surface area contributed by atoms with Gasteiger partial charge in [-0.1, -0.05) is 50.8 Å². The van der Waals surface area contributed by atoms with E-state index >= 15 is 0 Å². The molecule has 1 aromatic heterocycles. The number of hydrogen-bond acceptors (Lipinski definition) is 6. The average Bonchev–Trinajstić information content (AvgIpc) is 3.40. The molecule has 0 aliphatic carbocycles. The first-order valence-corrected chi connectivity index (χ1v) is 13.9. The van der Waals surface area contributed by atoms with Crippen LogP contribution in [-0.2, 0) is 22.7 Å². The standard InChI is InChI=1S/C30H35ClN2O6/c1-3-5-7-8-28(34)32(13-6-4-2)18-29(35)33(16-21-9-11-26-27(14-21)39-20-38-26)17-22-19-37-25-12-10-23(31)15-24(25)30(22)36/h9-12,14-15,19H,3-8,13,16-18,20H2,1-2H3. The van der Waals surface area contributed by atoms with E-state index in [9.17, 15) is 14.4 Å². The number of amides is 2. The summed E-state index contributed by atoms with van der Waals surface area (Å²) in [6.45, 7) is 4.99. The summed E-state index contributed by atoms with van der Waals surface area (Å²) in [7, 11) is 0. The monoisotopic (exact) mass is 554 g/mol. The lowest BCUT2D eigenvalue weighted by Gasteiger charge is -2.28. The van der Waals surface area contributed by atoms with Crippen molar-refractivity contribution < 1.29 is 23.5 Å². The van der Waals surface area contributed by atoms with Gasteiger partial charge >= 0.3 is 0 Å². The molecule has 3 aromatic rings. The molecule has 0 spiro atoms. The van der Waals surface area contributed by atoms with Crippen molar-refractivity contribution >= 4 is 34.4 Å². The lowest BCUT2D eigenvalue weighted by Crippen LogP contribution is -2.43. The van der Waals surface area contributed by atoms with E-state index in [1.165, 1.54) is 6.26 Å². The third kappa shape index (κ3) is 7.32. The Labute approximate surface area is 233 Å². The fourth-order valence-electron chi connectivity index (χ4n) is 4.54. The maximum absolute atomic E-state index is 13.7. The molecule has 2 heterocycles. The first-order chi connectivity index (χ1) is 18.9. The Kier molecular flexibility index (Phi) is 9.87. The first-order valence-electron chi connectivity index (χ1n) is 13.5. The summed E-state index contributed by atoms with van der Waals surface area (Å²) in [5.74, 6) is 0.980. The molecule has 39 heavy (non-hydrogen) atoms. The van der Waals surface area contributed by atoms with Crippen LogP contribution >= 0.6 is 11.6 Å². The molecule has 2 amide bonds. The topological polar surface area (TPSA) is 89.3 Å². The average molecular weight is 555 g/mol. The van der Waals surface area contributed by atoms with E-state index in [1.807, 2.05) is 12.1 Å². The summed E-state index contributed by atoms with van der Waals surface area (Å²) in [5, 5.41) is 0.777. The van der Waals surface area contributed by atoms with Crippen LogP contribution in [0.3, 0.4) is 0 Å². The number of nitrogens with zero attached hydrogens (tertiary/aromatic N) is 2. The molecule has 0 atom stereocenters. The first kappa shape index (κ1) is 28.5. The van der Waals surface area contributed by atoms with E-state index in [1.54, 1.807) is 34.1 Å². The number of benzene rings is 2. The van der Waals surface area contributed by atoms with Gasteiger partial charge in [0.05, 0.1) is 30.3 Å². The van der Waals surface area contributed by atoms with Crippen LogP contribution in [0.4, 0.5) is 0 Å². The second-order valence-corrected chi connectivity index (χ2v) is 10.2. The molecule has 1 aliphatic heterocycles. The van der Waals surface area contributed by atoms with Crippen LogP contribution in [0.25, 0.3) is 11.0 Å². The van der Waals surface area contributed by atoms with Crippen molar-refractivity contribution in [2.75, 3.05) is 19.9 Å². The van der Waals surface area contributed by atoms with E-state index in [2.05, 4.69) is 13.8 Å². The molecule has 0 radical (unpaired) electrons. The van der Waals surface area contributed by atoms with Gasteiger partial charge in [-0.2, -0.15) is 0 Å². The van der Waals surface area contributed by atoms with Gasteiger partial charge in [-0.15, -0.1) is 0 Å². The molecule has 0 fully saturated rings. The lowest BCUT2D eigenvalue weighted by atomic mass is 10.1. The highest BCUT2D eigenvalue weighted by Gasteiger charge is 2.24. The van der Waals surface area contributed by atoms with Crippen molar-refractivity contribution in [1.82, 2.24) is 9.80 Å². The van der Waals surface area contributed by atoms with Gasteiger partial charge in [0.25, 0.3) is 0 Å². The predicted octanol–water partition coefficient (Wildman–Crippen LogP) is 5.91. The zero-order chi connectivity index (χ0) is 27.8. The summed E-state index contributed by atoms with van der Waals surface area (Å²) >= 11 is 6.12. The van der Waals surface area contributed by atoms with E-state index in [0.29, 0.717) is 46.0 Å². The van der Waals surface area contributed by atoms with Crippen LogP contribution in [0, 0.1) is 0 Å². The lowest BCUT2D eigenvalue weighted by molar-refractivity contribution is -0.141. The van der Waals surface area contributed by atoms with Gasteiger partial charge in [0.2, 0.25) is 18.6 Å². The van der Waals surface area contributed by atoms with Crippen LogP contribution in [-0.4, -0.2) is 41.5 Å². The van der Waals surface area contributed by atoms with E-state index in [0.717, 1.165) is 37.7 Å². The Bertz CT molecular complexity index is 1370. The Morgan fingerprint density at radius 1 is 0.897 bits per heavy atom. The minimum Gasteiger partial charge on any atom is -0.464 e. The Morgan fingerprint density at radius 3 is 2.49 bits per heavy atom. The number of hydrogen-bond donors (Lipinski definition) is 0. The van der Waals surface area contributed by atoms with Crippen molar-refractivity contribution in [3.8, 4) is 11.5 Å². The summed E-state index contributed by atoms with van der Waals surface area (Å²) in [6, 6.07) is 10.4. The van der Waals surface area contributed by atoms with Gasteiger partial charge < -0.3 is 23.7 Å². The summed E-state index contributed by atoms with van der Waals surface area (Å²) in [5.41, 5.74) is 1.31. The third-order valence-electron chi connectivity index (χ3n) is 6.78. The molecule has 2 aromatic carbocycles. The number of fused-ring (bicyclic) bond motifs is 2. The van der Waals surface area contributed by atoms with Crippen molar-refractivity contribution in [3.05, 3.63) is 69.0 Å². The normalized spacial score (nSPS) is 12.1. The van der Waals surface area contributed by atoms with Gasteiger partial charge in [-0.25, -0.2) is 0 Å². The van der Waals surface area contributed by atoms with Gasteiger partial charge in [0.1, 0.15) is 5.58 Å². The number of carbonyl (C=O) groups excluding carboxylic acids is 2. The molecule has 0 saturated heterocycles. The van der Waals surface area contributed by atoms with Crippen molar-refractivity contribution in [2.24, 2.45) is 0 Å². The summed E-state index contributed by atoms with van der Waals surface area (Å²) in [6.07, 6.45) is 6.32. The van der Waals surface area contributed by atoms with Crippen LogP contribution in [0.15, 0.2) is 51.9 Å². The van der Waals surface area contributed by atoms with Gasteiger partial charge in [0, 0.05) is 24.5 Å². The van der Waals surface area contributed by atoms with Crippen molar-refractivity contribution in [2.45, 2.75) is 65.5 Å². The number of unbranched alkanes of at least 4 members (excludes halogenated alkanes) is 3. The minimum atomic E-state index is -0.252. The van der Waals surface area contributed by atoms with Crippen LogP contribution < -0.4 is 14.9 Å². The quantitative estimate of drug-likeness (QED) is 0.244. The number of halogens is 1. The van der Waals surface area contributed by atoms with Crippen molar-refractivity contribution in [3.63, 3.8) is 0 Å². The maximum atomic E-state index is 13.7. The van der Waals surface area contributed by atoms with Crippen molar-refractivity contribution in [1.29, 1.82) is 0 Å². The zero-order valence-electron chi connectivity index (χ0n) is 22.5. The molecular weight excluding hydrogens is 520 g/mol. The minimum absolute atomic E-state index is 0.0176. The number of carbonyl (C=O) groups is 2. The van der Waals surface area contributed by atoms with E-state index < -0.39 is 0 Å². The molecule has 4 rings (SSSR count). The van der Waals surface area contributed by atoms with Crippen LogP contribution in [0.2, 0.25) is 5.02 Å². The summed E-state index contributed by atoms with van der Waals surface area (Å²) in [4.78, 5) is 43.3. The Hall–Kier alpha value is -3.52. The van der Waals surface area contributed by atoms with Crippen LogP contribution in [0.5, 0.6) is 11.5 Å². The molecule has 0 unspecified atom stereocenters. The van der Waals surface area contributed by atoms with Gasteiger partial charge in [-0.3, -0.25) is 14.4 Å². The molecule has 1 aliphatic rings. The van der Waals surface area contributed by atoms with Crippen LogP contribution in [0.1, 0.15) is 63.5 Å². The molecule has 9 heteroatoms. The molecule has 0 bridgehead atoms. The maximum Gasteiger partial charge on any atom is 0.242 e. The molecule has 208 valence electrons. The third-order valence-corrected chi connectivity index (χ3v) is 7.02. The fraction of sp³-hybridized carbons (Fsp3) is 0.433. The highest BCUT2D eigenvalue weighted by Crippen LogP contribution is 2.33. The second kappa shape index (κ2) is 13.5. The predicted molar refractivity (Wildman–Crippen MR) is 150 cm³/mol. The highest BCUT2D eigenvalue weighted by molar-refractivity contribution is 6.31. The van der Waals surface area contributed by atoms with Gasteiger partial charge in [-0.05, 0) is 48.7 Å². The summed E-state index contributed by atoms with van der Waals surface area (Å²) < 4.78 is 16.6. The molecular formula is C30H35ClN2O6. The second-order valence-electron chi connectivity index (χ2n) is 9.79. The smallest absolute Gasteiger partial charge is 0.242 e.